The Labute approximate surface area is 177 Å². The number of Topliss-reactive ketones (excluding diaryl/α,β-unsaturated/α-hetero) is 1. The molecule has 1 amide bonds. The molecule has 8 heteroatoms. The van der Waals surface area contributed by atoms with E-state index in [9.17, 15) is 19.2 Å². The maximum atomic E-state index is 12.5. The van der Waals surface area contributed by atoms with Crippen LogP contribution in [0.25, 0.3) is 10.9 Å². The maximum Gasteiger partial charge on any atom is 0.338 e. The molecular weight excluding hydrogens is 398 g/mol. The van der Waals surface area contributed by atoms with E-state index < -0.39 is 12.6 Å². The number of fused-ring (bicyclic) bond motifs is 3. The third-order valence-corrected chi connectivity index (χ3v) is 5.87. The summed E-state index contributed by atoms with van der Waals surface area (Å²) in [5.74, 6) is -0.318. The van der Waals surface area contributed by atoms with Gasteiger partial charge in [-0.2, -0.15) is 0 Å². The Kier molecular flexibility index (Phi) is 4.43. The van der Waals surface area contributed by atoms with Gasteiger partial charge in [0.15, 0.2) is 12.4 Å². The molecule has 0 radical (unpaired) electrons. The van der Waals surface area contributed by atoms with E-state index >= 15 is 0 Å². The molecule has 2 aliphatic heterocycles. The lowest BCUT2D eigenvalue weighted by Crippen LogP contribution is -2.21. The smallest absolute Gasteiger partial charge is 0.338 e. The Morgan fingerprint density at radius 1 is 1.10 bits per heavy atom. The molecule has 156 valence electrons. The number of hydrogen-bond acceptors (Lipinski definition) is 6. The summed E-state index contributed by atoms with van der Waals surface area (Å²) < 4.78 is 6.87. The first-order chi connectivity index (χ1) is 14.9. The summed E-state index contributed by atoms with van der Waals surface area (Å²) in [6, 6.07) is 9.62. The van der Waals surface area contributed by atoms with Crippen molar-refractivity contribution >= 4 is 34.3 Å². The van der Waals surface area contributed by atoms with Crippen LogP contribution in [0.3, 0.4) is 0 Å². The van der Waals surface area contributed by atoms with E-state index in [1.54, 1.807) is 40.8 Å². The number of carbonyl (C=O) groups is 3. The van der Waals surface area contributed by atoms with Crippen LogP contribution in [0.4, 0.5) is 5.69 Å². The third kappa shape index (κ3) is 3.20. The van der Waals surface area contributed by atoms with E-state index in [-0.39, 0.29) is 29.2 Å². The van der Waals surface area contributed by atoms with Crippen molar-refractivity contribution in [2.45, 2.75) is 25.8 Å². The van der Waals surface area contributed by atoms with Gasteiger partial charge < -0.3 is 9.64 Å². The number of likely N-dealkylation sites (N-methyl/N-ethyl adjacent to an activating group) is 1. The Morgan fingerprint density at radius 2 is 1.90 bits per heavy atom. The van der Waals surface area contributed by atoms with Crippen molar-refractivity contribution in [3.63, 3.8) is 0 Å². The van der Waals surface area contributed by atoms with Crippen molar-refractivity contribution in [3.05, 3.63) is 69.3 Å². The lowest BCUT2D eigenvalue weighted by Gasteiger charge is -2.10. The highest BCUT2D eigenvalue weighted by Gasteiger charge is 2.25. The molecule has 0 spiro atoms. The molecule has 3 aromatic rings. The molecule has 2 aliphatic rings. The highest BCUT2D eigenvalue weighted by Crippen LogP contribution is 2.28. The summed E-state index contributed by atoms with van der Waals surface area (Å²) in [6.45, 7) is 0.246. The largest absolute Gasteiger partial charge is 0.454 e. The Morgan fingerprint density at radius 3 is 2.74 bits per heavy atom. The second-order valence-corrected chi connectivity index (χ2v) is 7.79. The van der Waals surface area contributed by atoms with Gasteiger partial charge in [-0.05, 0) is 48.4 Å². The summed E-state index contributed by atoms with van der Waals surface area (Å²) in [6.07, 6.45) is 1.86. The van der Waals surface area contributed by atoms with Crippen LogP contribution < -0.4 is 10.5 Å². The van der Waals surface area contributed by atoms with E-state index in [0.717, 1.165) is 29.9 Å². The number of amides is 1. The van der Waals surface area contributed by atoms with Crippen LogP contribution >= 0.6 is 0 Å². The molecule has 3 heterocycles. The predicted molar refractivity (Wildman–Crippen MR) is 112 cm³/mol. The first-order valence-corrected chi connectivity index (χ1v) is 10.1. The lowest BCUT2D eigenvalue weighted by atomic mass is 10.1. The topological polar surface area (TPSA) is 98.6 Å². The van der Waals surface area contributed by atoms with Gasteiger partial charge in [0.1, 0.15) is 5.82 Å². The number of nitrogens with zero attached hydrogens (tertiary/aromatic N) is 3. The highest BCUT2D eigenvalue weighted by atomic mass is 16.5. The number of rotatable bonds is 4. The fourth-order valence-electron chi connectivity index (χ4n) is 4.15. The van der Waals surface area contributed by atoms with Crippen LogP contribution in [-0.2, 0) is 28.9 Å². The quantitative estimate of drug-likeness (QED) is 0.475. The van der Waals surface area contributed by atoms with Crippen molar-refractivity contribution in [2.24, 2.45) is 0 Å². The average Bonchev–Trinajstić information content (AvgIpc) is 3.35. The van der Waals surface area contributed by atoms with Gasteiger partial charge in [0.2, 0.25) is 5.91 Å². The molecule has 1 aromatic heterocycles. The average molecular weight is 417 g/mol. The molecular formula is C23H19N3O5. The van der Waals surface area contributed by atoms with E-state index in [4.69, 9.17) is 4.74 Å². The molecule has 2 aromatic carbocycles. The van der Waals surface area contributed by atoms with Gasteiger partial charge in [0, 0.05) is 31.3 Å². The minimum atomic E-state index is -0.659. The Bertz CT molecular complexity index is 1340. The molecule has 0 atom stereocenters. The molecule has 0 saturated heterocycles. The van der Waals surface area contributed by atoms with E-state index in [2.05, 4.69) is 4.98 Å². The molecule has 8 nitrogen and oxygen atoms in total. The normalized spacial score (nSPS) is 14.6. The third-order valence-electron chi connectivity index (χ3n) is 5.87. The first-order valence-electron chi connectivity index (χ1n) is 10.1. The van der Waals surface area contributed by atoms with Gasteiger partial charge in [-0.25, -0.2) is 9.78 Å². The Hall–Kier alpha value is -3.81. The van der Waals surface area contributed by atoms with Gasteiger partial charge >= 0.3 is 5.97 Å². The number of aryl methyl sites for hydroxylation is 1. The molecule has 0 N–H and O–H groups in total. The summed E-state index contributed by atoms with van der Waals surface area (Å²) >= 11 is 0. The van der Waals surface area contributed by atoms with Crippen molar-refractivity contribution in [3.8, 4) is 0 Å². The highest BCUT2D eigenvalue weighted by molar-refractivity contribution is 6.04. The summed E-state index contributed by atoms with van der Waals surface area (Å²) in [5, 5.41) is 0.455. The minimum Gasteiger partial charge on any atom is -0.454 e. The van der Waals surface area contributed by atoms with Gasteiger partial charge in [0.25, 0.3) is 5.56 Å². The fraction of sp³-hybridized carbons (Fsp3) is 0.261. The van der Waals surface area contributed by atoms with Crippen molar-refractivity contribution in [1.82, 2.24) is 9.55 Å². The second kappa shape index (κ2) is 7.16. The zero-order valence-electron chi connectivity index (χ0n) is 16.9. The summed E-state index contributed by atoms with van der Waals surface area (Å²) in [5.41, 5.74) is 2.53. The second-order valence-electron chi connectivity index (χ2n) is 7.79. The fourth-order valence-corrected chi connectivity index (χ4v) is 4.15. The number of anilines is 1. The van der Waals surface area contributed by atoms with Gasteiger partial charge in [-0.1, -0.05) is 0 Å². The molecule has 0 aliphatic carbocycles. The number of ether oxygens (including phenoxy) is 1. The van der Waals surface area contributed by atoms with Gasteiger partial charge in [-0.3, -0.25) is 19.0 Å². The van der Waals surface area contributed by atoms with Crippen LogP contribution in [0.2, 0.25) is 0 Å². The van der Waals surface area contributed by atoms with Gasteiger partial charge in [0.05, 0.1) is 22.9 Å². The van der Waals surface area contributed by atoms with Crippen molar-refractivity contribution in [1.29, 1.82) is 0 Å². The van der Waals surface area contributed by atoms with Crippen LogP contribution in [0, 0.1) is 0 Å². The Balaban J connectivity index is 1.32. The van der Waals surface area contributed by atoms with Crippen molar-refractivity contribution < 1.29 is 19.1 Å². The summed E-state index contributed by atoms with van der Waals surface area (Å²) in [7, 11) is 1.69. The van der Waals surface area contributed by atoms with E-state index in [0.29, 0.717) is 23.0 Å². The zero-order chi connectivity index (χ0) is 21.7. The SMILES string of the molecule is CN1C(=O)Cc2cc(C(=O)COC(=O)c3ccc4c(=O)n5c(nc4c3)CCC5)ccc21. The number of hydrogen-bond donors (Lipinski definition) is 0. The molecule has 0 saturated carbocycles. The summed E-state index contributed by atoms with van der Waals surface area (Å²) in [4.78, 5) is 55.4. The molecule has 0 bridgehead atoms. The molecule has 31 heavy (non-hydrogen) atoms. The van der Waals surface area contributed by atoms with E-state index in [1.165, 1.54) is 12.1 Å². The van der Waals surface area contributed by atoms with Crippen molar-refractivity contribution in [2.75, 3.05) is 18.6 Å². The molecule has 0 unspecified atom stereocenters. The number of carbonyl (C=O) groups excluding carboxylic acids is 3. The van der Waals surface area contributed by atoms with Crippen LogP contribution in [0.1, 0.15) is 38.5 Å². The predicted octanol–water partition coefficient (Wildman–Crippen LogP) is 1.90. The zero-order valence-corrected chi connectivity index (χ0v) is 16.9. The van der Waals surface area contributed by atoms with Crippen LogP contribution in [0.5, 0.6) is 0 Å². The monoisotopic (exact) mass is 417 g/mol. The number of aromatic nitrogens is 2. The number of esters is 1. The minimum absolute atomic E-state index is 0.0266. The number of benzene rings is 2. The standard InChI is InChI=1S/C23H19N3O5/c1-25-18-7-5-13(9-15(18)11-21(25)28)19(27)12-31-23(30)14-4-6-16-17(10-14)24-20-3-2-8-26(20)22(16)29/h4-7,9-10H,2-3,8,11-12H2,1H3. The molecule has 0 fully saturated rings. The lowest BCUT2D eigenvalue weighted by molar-refractivity contribution is -0.117. The van der Waals surface area contributed by atoms with Crippen LogP contribution in [-0.4, -0.2) is 40.9 Å². The first kappa shape index (κ1) is 19.2. The van der Waals surface area contributed by atoms with E-state index in [1.807, 2.05) is 0 Å². The maximum absolute atomic E-state index is 12.5. The van der Waals surface area contributed by atoms with Crippen LogP contribution in [0.15, 0.2) is 41.2 Å². The molecule has 5 rings (SSSR count). The van der Waals surface area contributed by atoms with Gasteiger partial charge in [-0.15, -0.1) is 0 Å². The number of ketones is 1.